The molecule has 0 atom stereocenters. The van der Waals surface area contributed by atoms with Crippen molar-refractivity contribution in [1.82, 2.24) is 19.5 Å². The number of alkyl halides is 3. The summed E-state index contributed by atoms with van der Waals surface area (Å²) >= 11 is 0. The maximum absolute atomic E-state index is 10.6. The quantitative estimate of drug-likeness (QED) is 0.416. The van der Waals surface area contributed by atoms with Gasteiger partial charge in [-0.3, -0.25) is 0 Å². The first-order chi connectivity index (χ1) is 18.7. The highest BCUT2D eigenvalue weighted by atomic mass is 19.4. The van der Waals surface area contributed by atoms with Crippen molar-refractivity contribution in [2.75, 3.05) is 33.9 Å². The number of hydrogen-bond donors (Lipinski definition) is 1. The minimum absolute atomic E-state index is 0.451. The van der Waals surface area contributed by atoms with Gasteiger partial charge in [0.2, 0.25) is 0 Å². The zero-order valence-corrected chi connectivity index (χ0v) is 22.3. The smallest absolute Gasteiger partial charge is 0.490 e. The molecule has 2 fully saturated rings. The lowest BCUT2D eigenvalue weighted by atomic mass is 9.88. The number of hydrogen-bond acceptors (Lipinski definition) is 6. The fraction of sp³-hybridized carbons (Fsp3) is 0.536. The first kappa shape index (κ1) is 28.7. The number of halogens is 3. The van der Waals surface area contributed by atoms with Crippen molar-refractivity contribution in [3.05, 3.63) is 42.4 Å². The van der Waals surface area contributed by atoms with Crippen LogP contribution in [0.15, 0.2) is 36.5 Å². The summed E-state index contributed by atoms with van der Waals surface area (Å²) in [6.07, 6.45) is 6.40. The van der Waals surface area contributed by atoms with Crippen LogP contribution in [0.4, 0.5) is 13.2 Å². The Balaban J connectivity index is 0.000000448. The minimum atomic E-state index is -5.08. The van der Waals surface area contributed by atoms with Crippen molar-refractivity contribution in [2.24, 2.45) is 5.92 Å². The Labute approximate surface area is 225 Å². The van der Waals surface area contributed by atoms with E-state index in [1.165, 1.54) is 51.7 Å². The van der Waals surface area contributed by atoms with Gasteiger partial charge in [0.15, 0.2) is 23.0 Å². The second-order valence-corrected chi connectivity index (χ2v) is 10.1. The molecule has 3 aromatic rings. The predicted molar refractivity (Wildman–Crippen MR) is 140 cm³/mol. The molecule has 0 spiro atoms. The third kappa shape index (κ3) is 7.20. The lowest BCUT2D eigenvalue weighted by Crippen LogP contribution is -2.37. The molecule has 0 bridgehead atoms. The normalized spacial score (nSPS) is 17.5. The average Bonchev–Trinajstić information content (AvgIpc) is 3.37. The average molecular weight is 549 g/mol. The van der Waals surface area contributed by atoms with Gasteiger partial charge in [-0.15, -0.1) is 0 Å². The molecule has 0 unspecified atom stereocenters. The third-order valence-corrected chi connectivity index (χ3v) is 7.50. The number of fused-ring (bicyclic) bond motifs is 1. The lowest BCUT2D eigenvalue weighted by Gasteiger charge is -2.34. The number of piperidine rings is 1. The van der Waals surface area contributed by atoms with Gasteiger partial charge in [0, 0.05) is 29.8 Å². The van der Waals surface area contributed by atoms with E-state index in [2.05, 4.69) is 11.0 Å². The van der Waals surface area contributed by atoms with Crippen molar-refractivity contribution in [3.63, 3.8) is 0 Å². The number of benzene rings is 1. The molecule has 1 saturated heterocycles. The Morgan fingerprint density at radius 1 is 1.03 bits per heavy atom. The van der Waals surface area contributed by atoms with Crippen molar-refractivity contribution in [1.29, 1.82) is 0 Å². The molecular formula is C28H35F3N4O4. The van der Waals surface area contributed by atoms with Crippen LogP contribution in [0, 0.1) is 5.92 Å². The van der Waals surface area contributed by atoms with Crippen LogP contribution in [-0.2, 0) is 4.79 Å². The van der Waals surface area contributed by atoms with Gasteiger partial charge in [-0.2, -0.15) is 18.3 Å². The number of nitrogens with zero attached hydrogens (tertiary/aromatic N) is 4. The number of aromatic nitrogens is 3. The number of rotatable bonds is 6. The first-order valence-electron chi connectivity index (χ1n) is 13.3. The van der Waals surface area contributed by atoms with Crippen molar-refractivity contribution in [3.8, 4) is 22.6 Å². The van der Waals surface area contributed by atoms with Crippen LogP contribution >= 0.6 is 0 Å². The standard InChI is InChI=1S/C26H34N4O2.C2HF3O2/c1-31-23-10-6-9-22(25(23)32-2)21-11-12-24-27-26(28-30(24)18-21)20-13-15-29(16-14-20)17-19-7-4-3-5-8-19;3-2(4,5)1(6)7/h6,9-12,18-20H,3-5,7-8,13-17H2,1-2H3;(H,6,7). The van der Waals surface area contributed by atoms with E-state index in [-0.39, 0.29) is 0 Å². The van der Waals surface area contributed by atoms with Crippen LogP contribution in [-0.4, -0.2) is 70.6 Å². The molecule has 2 aliphatic rings. The van der Waals surface area contributed by atoms with E-state index in [4.69, 9.17) is 29.5 Å². The molecule has 1 aliphatic carbocycles. The SMILES string of the molecule is COc1cccc(-c2ccc3nc(C4CCN(CC5CCCCC5)CC4)nn3c2)c1OC.O=C(O)C(F)(F)F. The molecule has 3 heterocycles. The van der Waals surface area contributed by atoms with E-state index in [0.717, 1.165) is 52.9 Å². The molecule has 1 aliphatic heterocycles. The largest absolute Gasteiger partial charge is 0.493 e. The molecule has 5 rings (SSSR count). The molecule has 1 N–H and O–H groups in total. The molecular weight excluding hydrogens is 513 g/mol. The fourth-order valence-corrected chi connectivity index (χ4v) is 5.46. The van der Waals surface area contributed by atoms with E-state index in [9.17, 15) is 13.2 Å². The van der Waals surface area contributed by atoms with E-state index in [1.807, 2.05) is 35.0 Å². The van der Waals surface area contributed by atoms with Crippen molar-refractivity contribution >= 4 is 11.6 Å². The number of para-hydroxylation sites is 1. The topological polar surface area (TPSA) is 89.2 Å². The molecule has 2 aromatic heterocycles. The molecule has 11 heteroatoms. The van der Waals surface area contributed by atoms with Gasteiger partial charge in [-0.05, 0) is 62.9 Å². The molecule has 1 aromatic carbocycles. The molecule has 212 valence electrons. The van der Waals surface area contributed by atoms with Crippen LogP contribution in [0.25, 0.3) is 16.8 Å². The molecule has 39 heavy (non-hydrogen) atoms. The number of carboxylic acid groups (broad SMARTS) is 1. The summed E-state index contributed by atoms with van der Waals surface area (Å²) in [7, 11) is 3.34. The Morgan fingerprint density at radius 3 is 2.33 bits per heavy atom. The third-order valence-electron chi connectivity index (χ3n) is 7.50. The van der Waals surface area contributed by atoms with E-state index in [0.29, 0.717) is 5.92 Å². The zero-order chi connectivity index (χ0) is 28.0. The highest BCUT2D eigenvalue weighted by Crippen LogP contribution is 2.38. The maximum Gasteiger partial charge on any atom is 0.490 e. The number of aliphatic carboxylic acids is 1. The monoisotopic (exact) mass is 548 g/mol. The zero-order valence-electron chi connectivity index (χ0n) is 22.3. The number of carbonyl (C=O) groups is 1. The molecule has 8 nitrogen and oxygen atoms in total. The van der Waals surface area contributed by atoms with Gasteiger partial charge in [0.1, 0.15) is 0 Å². The maximum atomic E-state index is 10.6. The summed E-state index contributed by atoms with van der Waals surface area (Å²) in [6.45, 7) is 3.63. The van der Waals surface area contributed by atoms with Gasteiger partial charge in [-0.1, -0.05) is 31.4 Å². The van der Waals surface area contributed by atoms with Gasteiger partial charge in [0.05, 0.1) is 14.2 Å². The summed E-state index contributed by atoms with van der Waals surface area (Å²) in [5.74, 6) is 1.06. The second kappa shape index (κ2) is 12.7. The van der Waals surface area contributed by atoms with Crippen molar-refractivity contribution < 1.29 is 32.5 Å². The fourth-order valence-electron chi connectivity index (χ4n) is 5.46. The summed E-state index contributed by atoms with van der Waals surface area (Å²) in [5, 5.41) is 12.0. The minimum Gasteiger partial charge on any atom is -0.493 e. The number of methoxy groups -OCH3 is 2. The van der Waals surface area contributed by atoms with Gasteiger partial charge in [-0.25, -0.2) is 14.3 Å². The number of carboxylic acids is 1. The van der Waals surface area contributed by atoms with Crippen LogP contribution in [0.2, 0.25) is 0 Å². The van der Waals surface area contributed by atoms with Gasteiger partial charge < -0.3 is 19.5 Å². The number of ether oxygens (including phenoxy) is 2. The van der Waals surface area contributed by atoms with E-state index >= 15 is 0 Å². The Morgan fingerprint density at radius 2 is 1.72 bits per heavy atom. The predicted octanol–water partition coefficient (Wildman–Crippen LogP) is 5.81. The van der Waals surface area contributed by atoms with Crippen LogP contribution in [0.1, 0.15) is 56.7 Å². The number of pyridine rings is 1. The summed E-state index contributed by atoms with van der Waals surface area (Å²) < 4.78 is 44.7. The first-order valence-corrected chi connectivity index (χ1v) is 13.3. The summed E-state index contributed by atoms with van der Waals surface area (Å²) in [4.78, 5) is 16.4. The molecule has 1 saturated carbocycles. The van der Waals surface area contributed by atoms with Crippen LogP contribution < -0.4 is 9.47 Å². The van der Waals surface area contributed by atoms with Gasteiger partial charge >= 0.3 is 12.1 Å². The Hall–Kier alpha value is -3.34. The number of likely N-dealkylation sites (tertiary alicyclic amines) is 1. The van der Waals surface area contributed by atoms with E-state index < -0.39 is 12.1 Å². The highest BCUT2D eigenvalue weighted by Gasteiger charge is 2.38. The van der Waals surface area contributed by atoms with Crippen molar-refractivity contribution in [2.45, 2.75) is 57.0 Å². The molecule has 0 radical (unpaired) electrons. The van der Waals surface area contributed by atoms with Gasteiger partial charge in [0.25, 0.3) is 0 Å². The Kier molecular flexibility index (Phi) is 9.32. The highest BCUT2D eigenvalue weighted by molar-refractivity contribution is 5.74. The lowest BCUT2D eigenvalue weighted by molar-refractivity contribution is -0.192. The van der Waals surface area contributed by atoms with Crippen LogP contribution in [0.5, 0.6) is 11.5 Å². The summed E-state index contributed by atoms with van der Waals surface area (Å²) in [6, 6.07) is 10.1. The second-order valence-electron chi connectivity index (χ2n) is 10.1. The molecule has 0 amide bonds. The Bertz CT molecular complexity index is 1250. The van der Waals surface area contributed by atoms with E-state index in [1.54, 1.807) is 14.2 Å². The van der Waals surface area contributed by atoms with Crippen LogP contribution in [0.3, 0.4) is 0 Å². The summed E-state index contributed by atoms with van der Waals surface area (Å²) in [5.41, 5.74) is 2.92.